The summed E-state index contributed by atoms with van der Waals surface area (Å²) in [6.07, 6.45) is 4.94. The van der Waals surface area contributed by atoms with Gasteiger partial charge in [-0.2, -0.15) is 0 Å². The van der Waals surface area contributed by atoms with Crippen LogP contribution in [0, 0.1) is 0 Å². The van der Waals surface area contributed by atoms with Gasteiger partial charge in [0, 0.05) is 30.7 Å². The van der Waals surface area contributed by atoms with E-state index < -0.39 is 10.0 Å². The van der Waals surface area contributed by atoms with Crippen molar-refractivity contribution in [1.82, 2.24) is 24.2 Å². The molecule has 0 unspecified atom stereocenters. The highest BCUT2D eigenvalue weighted by molar-refractivity contribution is 7.89. The number of nitrogens with two attached hydrogens (primary N) is 1. The van der Waals surface area contributed by atoms with Gasteiger partial charge < -0.3 is 20.1 Å². The Balaban J connectivity index is 0.00000101. The molecular formula is C18H22N6O5S. The summed E-state index contributed by atoms with van der Waals surface area (Å²) in [4.78, 5) is 21.2. The third kappa shape index (κ3) is 5.75. The lowest BCUT2D eigenvalue weighted by Gasteiger charge is -2.12. The van der Waals surface area contributed by atoms with Crippen LogP contribution in [0.5, 0.6) is 5.75 Å². The van der Waals surface area contributed by atoms with Crippen molar-refractivity contribution in [2.75, 3.05) is 25.6 Å². The van der Waals surface area contributed by atoms with Crippen molar-refractivity contribution < 1.29 is 23.1 Å². The number of aromatic nitrogens is 4. The molecule has 0 aliphatic heterocycles. The number of benzene rings is 1. The van der Waals surface area contributed by atoms with Crippen LogP contribution in [0.1, 0.15) is 0 Å². The predicted octanol–water partition coefficient (Wildman–Crippen LogP) is 0.848. The average Bonchev–Trinajstić information content (AvgIpc) is 3.21. The van der Waals surface area contributed by atoms with Crippen LogP contribution >= 0.6 is 0 Å². The third-order valence-electron chi connectivity index (χ3n) is 4.00. The number of ether oxygens (including phenoxy) is 1. The molecule has 0 saturated carbocycles. The van der Waals surface area contributed by atoms with E-state index in [9.17, 15) is 8.42 Å². The van der Waals surface area contributed by atoms with E-state index in [0.717, 1.165) is 5.56 Å². The summed E-state index contributed by atoms with van der Waals surface area (Å²) in [5.41, 5.74) is 7.21. The van der Waals surface area contributed by atoms with Crippen LogP contribution in [0.2, 0.25) is 0 Å². The van der Waals surface area contributed by atoms with E-state index in [1.165, 1.54) is 7.05 Å². The smallest absolute Gasteiger partial charge is 0.290 e. The van der Waals surface area contributed by atoms with E-state index in [1.54, 1.807) is 42.4 Å². The molecule has 0 atom stereocenters. The molecule has 2 heterocycles. The quantitative estimate of drug-likeness (QED) is 0.457. The Morgan fingerprint density at radius 3 is 2.63 bits per heavy atom. The number of carboxylic acid groups (broad SMARTS) is 1. The van der Waals surface area contributed by atoms with E-state index in [1.807, 2.05) is 12.1 Å². The molecule has 3 aromatic rings. The molecule has 2 aromatic heterocycles. The second-order valence-corrected chi connectivity index (χ2v) is 7.84. The zero-order chi connectivity index (χ0) is 22.1. The molecule has 12 heteroatoms. The molecule has 160 valence electrons. The van der Waals surface area contributed by atoms with Crippen molar-refractivity contribution in [2.24, 2.45) is 0 Å². The fraction of sp³-hybridized carbons (Fsp3) is 0.222. The highest BCUT2D eigenvalue weighted by Crippen LogP contribution is 2.32. The first kappa shape index (κ1) is 22.8. The van der Waals surface area contributed by atoms with Crippen LogP contribution in [0.3, 0.4) is 0 Å². The van der Waals surface area contributed by atoms with Crippen molar-refractivity contribution in [3.8, 4) is 28.5 Å². The molecule has 1 aromatic carbocycles. The number of sulfonamides is 1. The maximum Gasteiger partial charge on any atom is 0.290 e. The molecule has 0 saturated heterocycles. The summed E-state index contributed by atoms with van der Waals surface area (Å²) in [5, 5.41) is 6.89. The summed E-state index contributed by atoms with van der Waals surface area (Å²) >= 11 is 0. The number of anilines is 1. The van der Waals surface area contributed by atoms with E-state index in [2.05, 4.69) is 19.7 Å². The van der Waals surface area contributed by atoms with Gasteiger partial charge in [-0.1, -0.05) is 0 Å². The molecule has 11 nitrogen and oxygen atoms in total. The van der Waals surface area contributed by atoms with Gasteiger partial charge in [-0.05, 0) is 31.3 Å². The zero-order valence-electron chi connectivity index (χ0n) is 16.4. The number of aryl methyl sites for hydroxylation is 1. The number of rotatable bonds is 7. The largest absolute Gasteiger partial charge is 0.496 e. The Morgan fingerprint density at radius 1 is 1.27 bits per heavy atom. The van der Waals surface area contributed by atoms with Crippen LogP contribution in [0.4, 0.5) is 5.82 Å². The van der Waals surface area contributed by atoms with Crippen molar-refractivity contribution in [3.05, 3.63) is 42.9 Å². The molecule has 0 aliphatic carbocycles. The van der Waals surface area contributed by atoms with E-state index in [-0.39, 0.29) is 18.8 Å². The molecule has 4 N–H and O–H groups in total. The highest BCUT2D eigenvalue weighted by atomic mass is 32.2. The number of imidazole rings is 1. The number of hydrogen-bond donors (Lipinski definition) is 3. The summed E-state index contributed by atoms with van der Waals surface area (Å²) in [5.74, 6) is 1.97. The lowest BCUT2D eigenvalue weighted by Crippen LogP contribution is -2.24. The summed E-state index contributed by atoms with van der Waals surface area (Å²) in [7, 11) is -0.355. The summed E-state index contributed by atoms with van der Waals surface area (Å²) < 4.78 is 32.9. The number of carbonyl (C=O) groups is 1. The lowest BCUT2D eigenvalue weighted by molar-refractivity contribution is -0.122. The van der Waals surface area contributed by atoms with Gasteiger partial charge in [0.15, 0.2) is 5.82 Å². The van der Waals surface area contributed by atoms with Gasteiger partial charge in [0.25, 0.3) is 6.47 Å². The first-order valence-electron chi connectivity index (χ1n) is 8.62. The molecule has 3 rings (SSSR count). The van der Waals surface area contributed by atoms with Crippen molar-refractivity contribution in [2.45, 2.75) is 6.54 Å². The van der Waals surface area contributed by atoms with Crippen LogP contribution < -0.4 is 15.2 Å². The van der Waals surface area contributed by atoms with Crippen molar-refractivity contribution in [1.29, 1.82) is 0 Å². The standard InChI is InChI=1S/C17H20N6O3S.CH2O2/c1-19-27(24,25)10-9-23-8-7-21-17(23)12-3-4-14(26-2)13(11-12)16-20-6-5-15(18)22-16;2-1-3/h3-8,11,19H,9-10H2,1-2H3,(H2,18,20,22);1H,(H,2,3). The first-order chi connectivity index (χ1) is 14.3. The van der Waals surface area contributed by atoms with Crippen LogP contribution in [-0.4, -0.2) is 59.4 Å². The van der Waals surface area contributed by atoms with Gasteiger partial charge in [-0.25, -0.2) is 28.1 Å². The number of nitrogens with one attached hydrogen (secondary N) is 1. The molecule has 0 radical (unpaired) electrons. The van der Waals surface area contributed by atoms with Gasteiger partial charge in [0.2, 0.25) is 10.0 Å². The molecule has 0 aliphatic rings. The summed E-state index contributed by atoms with van der Waals surface area (Å²) in [6.45, 7) is 0.0225. The van der Waals surface area contributed by atoms with Gasteiger partial charge in [0.1, 0.15) is 17.4 Å². The van der Waals surface area contributed by atoms with Crippen LogP contribution in [-0.2, 0) is 21.4 Å². The molecule has 0 amide bonds. The molecule has 30 heavy (non-hydrogen) atoms. The molecular weight excluding hydrogens is 412 g/mol. The van der Waals surface area contributed by atoms with Crippen molar-refractivity contribution >= 4 is 22.3 Å². The van der Waals surface area contributed by atoms with Gasteiger partial charge in [-0.3, -0.25) is 4.79 Å². The predicted molar refractivity (Wildman–Crippen MR) is 111 cm³/mol. The highest BCUT2D eigenvalue weighted by Gasteiger charge is 2.15. The van der Waals surface area contributed by atoms with Gasteiger partial charge >= 0.3 is 0 Å². The Hall–Kier alpha value is -3.51. The van der Waals surface area contributed by atoms with Gasteiger partial charge in [-0.15, -0.1) is 0 Å². The molecule has 0 fully saturated rings. The Bertz CT molecular complexity index is 1100. The minimum atomic E-state index is -3.31. The fourth-order valence-electron chi connectivity index (χ4n) is 2.59. The van der Waals surface area contributed by atoms with Crippen molar-refractivity contribution in [3.63, 3.8) is 0 Å². The third-order valence-corrected chi connectivity index (χ3v) is 5.35. The van der Waals surface area contributed by atoms with E-state index in [0.29, 0.717) is 28.8 Å². The monoisotopic (exact) mass is 434 g/mol. The fourth-order valence-corrected chi connectivity index (χ4v) is 3.24. The Morgan fingerprint density at radius 2 is 2.00 bits per heavy atom. The second-order valence-electron chi connectivity index (χ2n) is 5.79. The SMILES string of the molecule is CNS(=O)(=O)CCn1ccnc1-c1ccc(OC)c(-c2nccc(N)n2)c1.O=CO. The van der Waals surface area contributed by atoms with E-state index in [4.69, 9.17) is 20.4 Å². The lowest BCUT2D eigenvalue weighted by atomic mass is 10.1. The second kappa shape index (κ2) is 10.3. The topological polar surface area (TPSA) is 162 Å². The normalized spacial score (nSPS) is 10.7. The number of nitrogen functional groups attached to an aromatic ring is 1. The Kier molecular flexibility index (Phi) is 7.83. The minimum Gasteiger partial charge on any atom is -0.496 e. The van der Waals surface area contributed by atoms with Crippen LogP contribution in [0.25, 0.3) is 22.8 Å². The summed E-state index contributed by atoms with van der Waals surface area (Å²) in [6, 6.07) is 7.09. The zero-order valence-corrected chi connectivity index (χ0v) is 17.2. The number of nitrogens with zero attached hydrogens (tertiary/aromatic N) is 4. The maximum atomic E-state index is 11.7. The Labute approximate surface area is 173 Å². The average molecular weight is 434 g/mol. The van der Waals surface area contributed by atoms with Crippen LogP contribution in [0.15, 0.2) is 42.9 Å². The van der Waals surface area contributed by atoms with Gasteiger partial charge in [0.05, 0.1) is 18.4 Å². The first-order valence-corrected chi connectivity index (χ1v) is 10.3. The minimum absolute atomic E-state index is 0.0474. The molecule has 0 spiro atoms. The number of hydrogen-bond acceptors (Lipinski definition) is 8. The maximum absolute atomic E-state index is 11.7. The number of methoxy groups -OCH3 is 1. The van der Waals surface area contributed by atoms with E-state index >= 15 is 0 Å². The molecule has 0 bridgehead atoms.